The largest absolute Gasteiger partial charge is 0.466 e. The standard InChI is InChI=1S/C28H23F3N2O5/c1-2-38-27(37)16-6-5-13-32(15-16)24(34)20-11-12-22-23-19(20)9-4-10-21(23)25(35)33(26(22)36)18-8-3-7-17(14-18)28(29,30)31/h3-4,7-12,14,16H,2,5-6,13,15H2,1H3/t16-/m0/s1. The lowest BCUT2D eigenvalue weighted by Crippen LogP contribution is -2.43. The van der Waals surface area contributed by atoms with Gasteiger partial charge in [-0.15, -0.1) is 0 Å². The number of amides is 3. The lowest BCUT2D eigenvalue weighted by Gasteiger charge is -2.32. The highest BCUT2D eigenvalue weighted by molar-refractivity contribution is 6.36. The van der Waals surface area contributed by atoms with E-state index < -0.39 is 29.5 Å². The van der Waals surface area contributed by atoms with Gasteiger partial charge in [-0.05, 0) is 61.5 Å². The van der Waals surface area contributed by atoms with Crippen LogP contribution in [-0.2, 0) is 15.7 Å². The molecule has 0 radical (unpaired) electrons. The lowest BCUT2D eigenvalue weighted by atomic mass is 9.90. The molecule has 5 rings (SSSR count). The fourth-order valence-electron chi connectivity index (χ4n) is 5.12. The van der Waals surface area contributed by atoms with Gasteiger partial charge in [0.2, 0.25) is 0 Å². The molecule has 196 valence electrons. The van der Waals surface area contributed by atoms with Crippen molar-refractivity contribution in [3.05, 3.63) is 76.9 Å². The number of halogens is 3. The van der Waals surface area contributed by atoms with Crippen molar-refractivity contribution in [3.63, 3.8) is 0 Å². The molecule has 38 heavy (non-hydrogen) atoms. The summed E-state index contributed by atoms with van der Waals surface area (Å²) < 4.78 is 45.0. The number of piperidine rings is 1. The summed E-state index contributed by atoms with van der Waals surface area (Å²) in [7, 11) is 0. The minimum Gasteiger partial charge on any atom is -0.466 e. The van der Waals surface area contributed by atoms with E-state index in [9.17, 15) is 32.3 Å². The third-order valence-corrected chi connectivity index (χ3v) is 6.90. The van der Waals surface area contributed by atoms with Crippen molar-refractivity contribution in [1.29, 1.82) is 0 Å². The first kappa shape index (κ1) is 25.4. The minimum absolute atomic E-state index is 0.104. The number of alkyl halides is 3. The van der Waals surface area contributed by atoms with Gasteiger partial charge in [-0.2, -0.15) is 13.2 Å². The maximum absolute atomic E-state index is 13.5. The van der Waals surface area contributed by atoms with Crippen molar-refractivity contribution in [2.75, 3.05) is 24.6 Å². The number of carbonyl (C=O) groups excluding carboxylic acids is 4. The molecule has 0 aromatic heterocycles. The molecular weight excluding hydrogens is 501 g/mol. The molecule has 0 spiro atoms. The summed E-state index contributed by atoms with van der Waals surface area (Å²) in [6, 6.07) is 11.6. The Balaban J connectivity index is 1.53. The maximum Gasteiger partial charge on any atom is 0.416 e. The van der Waals surface area contributed by atoms with Crippen molar-refractivity contribution in [2.24, 2.45) is 5.92 Å². The van der Waals surface area contributed by atoms with Crippen LogP contribution in [0.15, 0.2) is 54.6 Å². The number of imide groups is 1. The maximum atomic E-state index is 13.5. The SMILES string of the molecule is CCOC(=O)[C@H]1CCCN(C(=O)c2ccc3c4c(cccc24)C(=O)N(c2cccc(C(F)(F)F)c2)C3=O)C1. The number of anilines is 1. The zero-order valence-electron chi connectivity index (χ0n) is 20.4. The van der Waals surface area contributed by atoms with Gasteiger partial charge in [0.1, 0.15) is 0 Å². The molecule has 3 aromatic carbocycles. The summed E-state index contributed by atoms with van der Waals surface area (Å²) in [4.78, 5) is 54.9. The van der Waals surface area contributed by atoms with Gasteiger partial charge in [0, 0.05) is 35.2 Å². The molecule has 0 unspecified atom stereocenters. The molecule has 0 N–H and O–H groups in total. The van der Waals surface area contributed by atoms with Crippen LogP contribution in [0.4, 0.5) is 18.9 Å². The highest BCUT2D eigenvalue weighted by atomic mass is 19.4. The van der Waals surface area contributed by atoms with Gasteiger partial charge in [-0.3, -0.25) is 19.2 Å². The van der Waals surface area contributed by atoms with Gasteiger partial charge >= 0.3 is 12.1 Å². The molecule has 0 saturated carbocycles. The summed E-state index contributed by atoms with van der Waals surface area (Å²) >= 11 is 0. The zero-order chi connectivity index (χ0) is 27.2. The molecule has 1 fully saturated rings. The Labute approximate surface area is 215 Å². The second kappa shape index (κ2) is 9.59. The van der Waals surface area contributed by atoms with Gasteiger partial charge in [0.25, 0.3) is 17.7 Å². The number of esters is 1. The van der Waals surface area contributed by atoms with E-state index in [1.54, 1.807) is 24.0 Å². The van der Waals surface area contributed by atoms with Crippen LogP contribution in [0.25, 0.3) is 10.8 Å². The molecule has 1 atom stereocenters. The first-order valence-corrected chi connectivity index (χ1v) is 12.2. The van der Waals surface area contributed by atoms with Gasteiger partial charge < -0.3 is 9.64 Å². The average molecular weight is 524 g/mol. The number of carbonyl (C=O) groups is 4. The van der Waals surface area contributed by atoms with Crippen LogP contribution in [0.1, 0.15) is 56.4 Å². The van der Waals surface area contributed by atoms with Crippen molar-refractivity contribution in [1.82, 2.24) is 4.90 Å². The number of likely N-dealkylation sites (tertiary alicyclic amines) is 1. The van der Waals surface area contributed by atoms with Crippen LogP contribution in [0.2, 0.25) is 0 Å². The van der Waals surface area contributed by atoms with Crippen LogP contribution in [0.3, 0.4) is 0 Å². The van der Waals surface area contributed by atoms with Crippen LogP contribution in [-0.4, -0.2) is 48.3 Å². The fraction of sp³-hybridized carbons (Fsp3) is 0.286. The summed E-state index contributed by atoms with van der Waals surface area (Å²) in [6.07, 6.45) is -3.41. The number of hydrogen-bond acceptors (Lipinski definition) is 5. The number of nitrogens with zero attached hydrogens (tertiary/aromatic N) is 2. The minimum atomic E-state index is -4.65. The number of benzene rings is 3. The second-order valence-electron chi connectivity index (χ2n) is 9.22. The molecular formula is C28H23F3N2O5. The number of ether oxygens (including phenoxy) is 1. The molecule has 0 aliphatic carbocycles. The first-order chi connectivity index (χ1) is 18.1. The molecule has 1 saturated heterocycles. The molecule has 2 aliphatic heterocycles. The summed E-state index contributed by atoms with van der Waals surface area (Å²) in [5.74, 6) is -2.69. The molecule has 7 nitrogen and oxygen atoms in total. The Morgan fingerprint density at radius 1 is 1.00 bits per heavy atom. The van der Waals surface area contributed by atoms with Gasteiger partial charge in [0.05, 0.1) is 23.8 Å². The van der Waals surface area contributed by atoms with E-state index in [4.69, 9.17) is 4.74 Å². The Bertz CT molecular complexity index is 1460. The van der Waals surface area contributed by atoms with E-state index in [-0.39, 0.29) is 52.8 Å². The number of hydrogen-bond donors (Lipinski definition) is 0. The topological polar surface area (TPSA) is 84.0 Å². The quantitative estimate of drug-likeness (QED) is 0.351. The Hall–Kier alpha value is -4.21. The van der Waals surface area contributed by atoms with Gasteiger partial charge in [0.15, 0.2) is 0 Å². The Morgan fingerprint density at radius 2 is 1.71 bits per heavy atom. The smallest absolute Gasteiger partial charge is 0.416 e. The van der Waals surface area contributed by atoms with E-state index in [0.717, 1.165) is 23.1 Å². The van der Waals surface area contributed by atoms with E-state index in [0.29, 0.717) is 24.8 Å². The van der Waals surface area contributed by atoms with Gasteiger partial charge in [-0.1, -0.05) is 18.2 Å². The van der Waals surface area contributed by atoms with E-state index in [2.05, 4.69) is 0 Å². The van der Waals surface area contributed by atoms with E-state index in [1.807, 2.05) is 0 Å². The molecule has 10 heteroatoms. The first-order valence-electron chi connectivity index (χ1n) is 12.2. The molecule has 3 aromatic rings. The van der Waals surface area contributed by atoms with E-state index >= 15 is 0 Å². The van der Waals surface area contributed by atoms with Crippen LogP contribution < -0.4 is 4.90 Å². The predicted octanol–water partition coefficient (Wildman–Crippen LogP) is 5.07. The highest BCUT2D eigenvalue weighted by Crippen LogP contribution is 2.37. The van der Waals surface area contributed by atoms with Crippen LogP contribution in [0, 0.1) is 5.92 Å². The summed E-state index contributed by atoms with van der Waals surface area (Å²) in [5.41, 5.74) is -0.707. The normalized spacial score (nSPS) is 17.6. The summed E-state index contributed by atoms with van der Waals surface area (Å²) in [6.45, 7) is 2.61. The molecule has 2 heterocycles. The van der Waals surface area contributed by atoms with Crippen molar-refractivity contribution < 1.29 is 37.1 Å². The Kier molecular flexibility index (Phi) is 6.42. The van der Waals surface area contributed by atoms with Crippen LogP contribution >= 0.6 is 0 Å². The Morgan fingerprint density at radius 3 is 2.42 bits per heavy atom. The highest BCUT2D eigenvalue weighted by Gasteiger charge is 2.38. The van der Waals surface area contributed by atoms with Crippen molar-refractivity contribution >= 4 is 40.2 Å². The zero-order valence-corrected chi connectivity index (χ0v) is 20.4. The molecule has 2 aliphatic rings. The number of rotatable bonds is 4. The predicted molar refractivity (Wildman–Crippen MR) is 132 cm³/mol. The molecule has 3 amide bonds. The third-order valence-electron chi connectivity index (χ3n) is 6.90. The third kappa shape index (κ3) is 4.29. The summed E-state index contributed by atoms with van der Waals surface area (Å²) in [5, 5.41) is 0.657. The average Bonchev–Trinajstić information content (AvgIpc) is 2.91. The van der Waals surface area contributed by atoms with Crippen molar-refractivity contribution in [2.45, 2.75) is 25.9 Å². The van der Waals surface area contributed by atoms with Gasteiger partial charge in [-0.25, -0.2) is 4.90 Å². The van der Waals surface area contributed by atoms with Crippen LogP contribution in [0.5, 0.6) is 0 Å². The fourth-order valence-corrected chi connectivity index (χ4v) is 5.12. The second-order valence-corrected chi connectivity index (χ2v) is 9.22. The lowest BCUT2D eigenvalue weighted by molar-refractivity contribution is -0.149. The molecule has 0 bridgehead atoms. The van der Waals surface area contributed by atoms with E-state index in [1.165, 1.54) is 24.3 Å². The van der Waals surface area contributed by atoms with Crippen molar-refractivity contribution in [3.8, 4) is 0 Å². The monoisotopic (exact) mass is 524 g/mol.